The van der Waals surface area contributed by atoms with Gasteiger partial charge in [0.2, 0.25) is 0 Å². The number of hydrogen-bond acceptors (Lipinski definition) is 4. The van der Waals surface area contributed by atoms with Gasteiger partial charge in [-0.1, -0.05) is 6.92 Å². The summed E-state index contributed by atoms with van der Waals surface area (Å²) in [5.41, 5.74) is 0.649. The summed E-state index contributed by atoms with van der Waals surface area (Å²) >= 11 is 1.21. The Hall–Kier alpha value is -0.940. The molecule has 0 aliphatic rings. The molecular weight excluding hydrogens is 202 g/mol. The van der Waals surface area contributed by atoms with Crippen molar-refractivity contribution in [2.45, 2.75) is 26.2 Å². The molecule has 0 spiro atoms. The van der Waals surface area contributed by atoms with Crippen LogP contribution in [0, 0.1) is 0 Å². The zero-order valence-corrected chi connectivity index (χ0v) is 8.80. The van der Waals surface area contributed by atoms with Crippen LogP contribution in [0.2, 0.25) is 0 Å². The second-order valence-electron chi connectivity index (χ2n) is 2.87. The van der Waals surface area contributed by atoms with E-state index in [1.54, 1.807) is 0 Å². The van der Waals surface area contributed by atoms with Gasteiger partial charge in [0.15, 0.2) is 0 Å². The first-order valence-electron chi connectivity index (χ1n) is 4.51. The molecule has 78 valence electrons. The monoisotopic (exact) mass is 215 g/mol. The van der Waals surface area contributed by atoms with Crippen molar-refractivity contribution in [2.24, 2.45) is 0 Å². The van der Waals surface area contributed by atoms with E-state index in [1.807, 2.05) is 6.92 Å². The predicted molar refractivity (Wildman–Crippen MR) is 53.9 cm³/mol. The number of aryl methyl sites for hydroxylation is 2. The number of aromatic nitrogens is 1. The summed E-state index contributed by atoms with van der Waals surface area (Å²) < 4.78 is 0. The van der Waals surface area contributed by atoms with Crippen LogP contribution >= 0.6 is 11.3 Å². The van der Waals surface area contributed by atoms with Crippen molar-refractivity contribution in [1.29, 1.82) is 0 Å². The van der Waals surface area contributed by atoms with Crippen LogP contribution in [0.5, 0.6) is 0 Å². The molecule has 0 atom stereocenters. The van der Waals surface area contributed by atoms with Crippen LogP contribution in [0.1, 0.15) is 33.7 Å². The summed E-state index contributed by atoms with van der Waals surface area (Å²) in [5, 5.41) is 18.3. The Morgan fingerprint density at radius 1 is 1.57 bits per heavy atom. The molecule has 0 saturated heterocycles. The first-order chi connectivity index (χ1) is 6.69. The fourth-order valence-corrected chi connectivity index (χ4v) is 2.18. The predicted octanol–water partition coefficient (Wildman–Crippen LogP) is 1.33. The first-order valence-corrected chi connectivity index (χ1v) is 5.33. The molecule has 1 aromatic heterocycles. The lowest BCUT2D eigenvalue weighted by Gasteiger charge is -1.90. The van der Waals surface area contributed by atoms with Crippen molar-refractivity contribution in [2.75, 3.05) is 6.61 Å². The molecule has 0 fully saturated rings. The van der Waals surface area contributed by atoms with Crippen molar-refractivity contribution in [3.8, 4) is 0 Å². The van der Waals surface area contributed by atoms with Crippen LogP contribution in [-0.2, 0) is 12.8 Å². The minimum atomic E-state index is -0.908. The van der Waals surface area contributed by atoms with Crippen molar-refractivity contribution in [3.05, 3.63) is 15.6 Å². The maximum Gasteiger partial charge on any atom is 0.347 e. The quantitative estimate of drug-likeness (QED) is 0.777. The third kappa shape index (κ3) is 2.52. The third-order valence-corrected chi connectivity index (χ3v) is 2.96. The van der Waals surface area contributed by atoms with E-state index in [-0.39, 0.29) is 6.61 Å². The van der Waals surface area contributed by atoms with Crippen LogP contribution in [0.25, 0.3) is 0 Å². The van der Waals surface area contributed by atoms with E-state index in [1.165, 1.54) is 11.3 Å². The minimum absolute atomic E-state index is 0.115. The van der Waals surface area contributed by atoms with Crippen molar-refractivity contribution in [1.82, 2.24) is 4.98 Å². The van der Waals surface area contributed by atoms with E-state index in [0.29, 0.717) is 29.8 Å². The van der Waals surface area contributed by atoms with Gasteiger partial charge in [-0.15, -0.1) is 11.3 Å². The molecule has 0 amide bonds. The summed E-state index contributed by atoms with van der Waals surface area (Å²) in [7, 11) is 0. The van der Waals surface area contributed by atoms with E-state index in [9.17, 15) is 4.79 Å². The number of nitrogens with zero attached hydrogens (tertiary/aromatic N) is 1. The van der Waals surface area contributed by atoms with Crippen LogP contribution < -0.4 is 0 Å². The van der Waals surface area contributed by atoms with Gasteiger partial charge in [0.25, 0.3) is 0 Å². The second kappa shape index (κ2) is 5.07. The zero-order valence-electron chi connectivity index (χ0n) is 7.99. The Morgan fingerprint density at radius 3 is 2.71 bits per heavy atom. The lowest BCUT2D eigenvalue weighted by molar-refractivity contribution is 0.0701. The van der Waals surface area contributed by atoms with Crippen LogP contribution in [0.15, 0.2) is 0 Å². The Kier molecular flexibility index (Phi) is 4.03. The normalized spacial score (nSPS) is 10.4. The third-order valence-electron chi connectivity index (χ3n) is 1.82. The summed E-state index contributed by atoms with van der Waals surface area (Å²) in [6.45, 7) is 2.00. The van der Waals surface area contributed by atoms with E-state index in [4.69, 9.17) is 10.2 Å². The maximum atomic E-state index is 10.8. The van der Waals surface area contributed by atoms with Crippen molar-refractivity contribution >= 4 is 17.3 Å². The fourth-order valence-electron chi connectivity index (χ4n) is 1.14. The Morgan fingerprint density at radius 2 is 2.29 bits per heavy atom. The number of carboxylic acid groups (broad SMARTS) is 1. The molecule has 4 nitrogen and oxygen atoms in total. The highest BCUT2D eigenvalue weighted by atomic mass is 32.1. The van der Waals surface area contributed by atoms with Crippen LogP contribution in [-0.4, -0.2) is 27.8 Å². The van der Waals surface area contributed by atoms with Gasteiger partial charge in [-0.3, -0.25) is 0 Å². The molecular formula is C9H13NO3S. The molecule has 0 aliphatic carbocycles. The molecule has 1 heterocycles. The molecule has 5 heteroatoms. The number of aliphatic hydroxyl groups excluding tert-OH is 1. The highest BCUT2D eigenvalue weighted by molar-refractivity contribution is 7.13. The lowest BCUT2D eigenvalue weighted by atomic mass is 10.3. The highest BCUT2D eigenvalue weighted by Gasteiger charge is 2.15. The Balaban J connectivity index is 2.83. The second-order valence-corrected chi connectivity index (χ2v) is 3.95. The number of aromatic carboxylic acids is 1. The molecule has 0 aliphatic heterocycles. The lowest BCUT2D eigenvalue weighted by Crippen LogP contribution is -1.97. The van der Waals surface area contributed by atoms with E-state index < -0.39 is 5.97 Å². The van der Waals surface area contributed by atoms with Crippen molar-refractivity contribution < 1.29 is 15.0 Å². The molecule has 0 unspecified atom stereocenters. The highest BCUT2D eigenvalue weighted by Crippen LogP contribution is 2.20. The summed E-state index contributed by atoms with van der Waals surface area (Å²) in [6.07, 6.45) is 1.93. The van der Waals surface area contributed by atoms with Gasteiger partial charge in [-0.05, 0) is 12.8 Å². The molecule has 0 saturated carbocycles. The SMILES string of the molecule is CCc1nc(CCCO)sc1C(=O)O. The van der Waals surface area contributed by atoms with Gasteiger partial charge in [0, 0.05) is 13.0 Å². The standard InChI is InChI=1S/C9H13NO3S/c1-2-6-8(9(12)13)14-7(10-6)4-3-5-11/h11H,2-5H2,1H3,(H,12,13). The van der Waals surface area contributed by atoms with Crippen LogP contribution in [0.4, 0.5) is 0 Å². The van der Waals surface area contributed by atoms with Gasteiger partial charge in [-0.25, -0.2) is 9.78 Å². The summed E-state index contributed by atoms with van der Waals surface area (Å²) in [5.74, 6) is -0.908. The smallest absolute Gasteiger partial charge is 0.347 e. The van der Waals surface area contributed by atoms with Gasteiger partial charge >= 0.3 is 5.97 Å². The molecule has 2 N–H and O–H groups in total. The largest absolute Gasteiger partial charge is 0.477 e. The topological polar surface area (TPSA) is 70.4 Å². The van der Waals surface area contributed by atoms with E-state index in [2.05, 4.69) is 4.98 Å². The molecule has 0 radical (unpaired) electrons. The fraction of sp³-hybridized carbons (Fsp3) is 0.556. The Bertz CT molecular complexity index is 322. The number of hydrogen-bond donors (Lipinski definition) is 2. The van der Waals surface area contributed by atoms with Gasteiger partial charge in [-0.2, -0.15) is 0 Å². The Labute approximate surface area is 86.2 Å². The zero-order chi connectivity index (χ0) is 10.6. The van der Waals surface area contributed by atoms with Gasteiger partial charge < -0.3 is 10.2 Å². The molecule has 1 rings (SSSR count). The van der Waals surface area contributed by atoms with Crippen molar-refractivity contribution in [3.63, 3.8) is 0 Å². The number of aliphatic hydroxyl groups is 1. The van der Waals surface area contributed by atoms with E-state index in [0.717, 1.165) is 5.01 Å². The molecule has 0 bridgehead atoms. The molecule has 1 aromatic rings. The molecule has 0 aromatic carbocycles. The number of carboxylic acids is 1. The average Bonchev–Trinajstić information content (AvgIpc) is 2.57. The first kappa shape index (κ1) is 11.1. The van der Waals surface area contributed by atoms with Gasteiger partial charge in [0.1, 0.15) is 4.88 Å². The summed E-state index contributed by atoms with van der Waals surface area (Å²) in [4.78, 5) is 15.3. The average molecular weight is 215 g/mol. The number of rotatable bonds is 5. The number of thiazole rings is 1. The van der Waals surface area contributed by atoms with Crippen LogP contribution in [0.3, 0.4) is 0 Å². The minimum Gasteiger partial charge on any atom is -0.477 e. The molecule has 14 heavy (non-hydrogen) atoms. The summed E-state index contributed by atoms with van der Waals surface area (Å²) in [6, 6.07) is 0. The number of carbonyl (C=O) groups is 1. The van der Waals surface area contributed by atoms with Gasteiger partial charge in [0.05, 0.1) is 10.7 Å². The van der Waals surface area contributed by atoms with E-state index >= 15 is 0 Å². The maximum absolute atomic E-state index is 10.8.